The average Bonchev–Trinajstić information content (AvgIpc) is 2.68. The molecule has 1 aromatic carbocycles. The molecule has 3 rings (SSSR count). The third kappa shape index (κ3) is 3.68. The lowest BCUT2D eigenvalue weighted by Crippen LogP contribution is -2.18. The first-order valence-electron chi connectivity index (χ1n) is 8.02. The van der Waals surface area contributed by atoms with Crippen molar-refractivity contribution < 1.29 is 9.47 Å². The zero-order valence-corrected chi connectivity index (χ0v) is 14.5. The number of ether oxygens (including phenoxy) is 2. The fraction of sp³-hybridized carbons (Fsp3) is 0.211. The molecule has 6 heteroatoms. The Hall–Kier alpha value is -3.15. The number of aromatic nitrogens is 3. The van der Waals surface area contributed by atoms with Gasteiger partial charge in [-0.15, -0.1) is 0 Å². The highest BCUT2D eigenvalue weighted by atomic mass is 16.5. The van der Waals surface area contributed by atoms with Crippen molar-refractivity contribution in [2.45, 2.75) is 6.92 Å². The van der Waals surface area contributed by atoms with Crippen LogP contribution in [-0.2, 0) is 0 Å². The van der Waals surface area contributed by atoms with Gasteiger partial charge < -0.3 is 14.4 Å². The molecule has 0 radical (unpaired) electrons. The molecule has 0 amide bonds. The molecule has 128 valence electrons. The van der Waals surface area contributed by atoms with E-state index >= 15 is 0 Å². The summed E-state index contributed by atoms with van der Waals surface area (Å²) in [5.74, 6) is 2.42. The van der Waals surface area contributed by atoms with Crippen LogP contribution in [0.2, 0.25) is 0 Å². The summed E-state index contributed by atoms with van der Waals surface area (Å²) in [7, 11) is 3.58. The molecule has 0 aliphatic heterocycles. The van der Waals surface area contributed by atoms with Crippen LogP contribution in [0.5, 0.6) is 17.4 Å². The summed E-state index contributed by atoms with van der Waals surface area (Å²) in [5.41, 5.74) is 1.76. The maximum absolute atomic E-state index is 5.92. The van der Waals surface area contributed by atoms with Gasteiger partial charge in [0.2, 0.25) is 11.8 Å². The fourth-order valence-corrected chi connectivity index (χ4v) is 2.36. The Morgan fingerprint density at radius 3 is 2.40 bits per heavy atom. The van der Waals surface area contributed by atoms with E-state index in [0.717, 1.165) is 23.4 Å². The van der Waals surface area contributed by atoms with Crippen molar-refractivity contribution in [2.24, 2.45) is 0 Å². The molecule has 0 bridgehead atoms. The van der Waals surface area contributed by atoms with E-state index in [-0.39, 0.29) is 0 Å². The van der Waals surface area contributed by atoms with Gasteiger partial charge in [0, 0.05) is 30.9 Å². The quantitative estimate of drug-likeness (QED) is 0.682. The zero-order valence-electron chi connectivity index (χ0n) is 14.5. The van der Waals surface area contributed by atoms with Crippen molar-refractivity contribution in [1.82, 2.24) is 15.0 Å². The number of hydrogen-bond acceptors (Lipinski definition) is 6. The highest BCUT2D eigenvalue weighted by Crippen LogP contribution is 2.36. The summed E-state index contributed by atoms with van der Waals surface area (Å²) >= 11 is 0. The number of benzene rings is 1. The van der Waals surface area contributed by atoms with Crippen LogP contribution in [0.3, 0.4) is 0 Å². The van der Waals surface area contributed by atoms with E-state index in [1.807, 2.05) is 55.3 Å². The van der Waals surface area contributed by atoms with Crippen molar-refractivity contribution in [2.75, 3.05) is 25.6 Å². The van der Waals surface area contributed by atoms with E-state index in [0.29, 0.717) is 17.6 Å². The molecule has 0 unspecified atom stereocenters. The summed E-state index contributed by atoms with van der Waals surface area (Å²) in [6.45, 7) is 2.87. The Labute approximate surface area is 147 Å². The van der Waals surface area contributed by atoms with Gasteiger partial charge in [0.1, 0.15) is 5.75 Å². The summed E-state index contributed by atoms with van der Waals surface area (Å²) in [5, 5.41) is 0. The minimum absolute atomic E-state index is 0.479. The van der Waals surface area contributed by atoms with Crippen LogP contribution in [0.1, 0.15) is 6.92 Å². The highest BCUT2D eigenvalue weighted by Gasteiger charge is 2.13. The number of rotatable bonds is 6. The lowest BCUT2D eigenvalue weighted by molar-refractivity contribution is 0.415. The summed E-state index contributed by atoms with van der Waals surface area (Å²) in [4.78, 5) is 14.9. The Kier molecular flexibility index (Phi) is 5.09. The predicted molar refractivity (Wildman–Crippen MR) is 97.3 cm³/mol. The molecule has 3 aromatic rings. The van der Waals surface area contributed by atoms with Gasteiger partial charge in [-0.2, -0.15) is 0 Å². The van der Waals surface area contributed by atoms with Crippen LogP contribution in [0.4, 0.5) is 5.95 Å². The minimum atomic E-state index is 0.479. The molecule has 0 atom stereocenters. The van der Waals surface area contributed by atoms with Gasteiger partial charge in [0.15, 0.2) is 5.75 Å². The summed E-state index contributed by atoms with van der Waals surface area (Å²) in [6.07, 6.45) is 4.98. The Balaban J connectivity index is 1.91. The van der Waals surface area contributed by atoms with E-state index in [1.54, 1.807) is 25.7 Å². The molecule has 25 heavy (non-hydrogen) atoms. The number of methoxy groups -OCH3 is 1. The van der Waals surface area contributed by atoms with Gasteiger partial charge in [0.05, 0.1) is 19.5 Å². The summed E-state index contributed by atoms with van der Waals surface area (Å²) < 4.78 is 11.4. The summed E-state index contributed by atoms with van der Waals surface area (Å²) in [6, 6.07) is 11.6. The normalized spacial score (nSPS) is 10.4. The standard InChI is InChI=1S/C19H20N4O2/c1-4-23(2)19-21-12-14(13-22-19)25-18-16(9-7-11-20-18)15-8-5-6-10-17(15)24-3/h5-13H,4H2,1-3H3. The van der Waals surface area contributed by atoms with Crippen LogP contribution >= 0.6 is 0 Å². The topological polar surface area (TPSA) is 60.4 Å². The number of anilines is 1. The van der Waals surface area contributed by atoms with E-state index in [9.17, 15) is 0 Å². The van der Waals surface area contributed by atoms with Gasteiger partial charge >= 0.3 is 0 Å². The smallest absolute Gasteiger partial charge is 0.227 e. The van der Waals surface area contributed by atoms with Crippen molar-refractivity contribution in [3.05, 3.63) is 55.0 Å². The second-order valence-electron chi connectivity index (χ2n) is 5.39. The monoisotopic (exact) mass is 336 g/mol. The van der Waals surface area contributed by atoms with Crippen LogP contribution in [0.25, 0.3) is 11.1 Å². The van der Waals surface area contributed by atoms with E-state index in [2.05, 4.69) is 15.0 Å². The lowest BCUT2D eigenvalue weighted by Gasteiger charge is -2.15. The molecule has 0 saturated heterocycles. The Bertz CT molecular complexity index is 837. The van der Waals surface area contributed by atoms with Crippen molar-refractivity contribution in [3.8, 4) is 28.5 Å². The molecule has 6 nitrogen and oxygen atoms in total. The van der Waals surface area contributed by atoms with Gasteiger partial charge in [-0.1, -0.05) is 18.2 Å². The molecule has 2 heterocycles. The molecule has 0 aliphatic rings. The average molecular weight is 336 g/mol. The second-order valence-corrected chi connectivity index (χ2v) is 5.39. The molecule has 0 N–H and O–H groups in total. The van der Waals surface area contributed by atoms with E-state index < -0.39 is 0 Å². The number of nitrogens with zero attached hydrogens (tertiary/aromatic N) is 4. The zero-order chi connectivity index (χ0) is 17.6. The fourth-order valence-electron chi connectivity index (χ4n) is 2.36. The lowest BCUT2D eigenvalue weighted by atomic mass is 10.1. The van der Waals surface area contributed by atoms with E-state index in [4.69, 9.17) is 9.47 Å². The predicted octanol–water partition coefficient (Wildman–Crippen LogP) is 3.80. The SMILES string of the molecule is CCN(C)c1ncc(Oc2ncccc2-c2ccccc2OC)cn1. The largest absolute Gasteiger partial charge is 0.496 e. The second kappa shape index (κ2) is 7.61. The van der Waals surface area contributed by atoms with Gasteiger partial charge in [-0.05, 0) is 25.1 Å². The van der Waals surface area contributed by atoms with Gasteiger partial charge in [-0.3, -0.25) is 0 Å². The molecule has 0 saturated carbocycles. The molecule has 0 fully saturated rings. The Morgan fingerprint density at radius 1 is 0.960 bits per heavy atom. The van der Waals surface area contributed by atoms with Crippen LogP contribution < -0.4 is 14.4 Å². The molecule has 2 aromatic heterocycles. The maximum Gasteiger partial charge on any atom is 0.227 e. The van der Waals surface area contributed by atoms with Crippen LogP contribution in [-0.4, -0.2) is 35.7 Å². The maximum atomic E-state index is 5.92. The molecule has 0 spiro atoms. The molecular formula is C19H20N4O2. The third-order valence-electron chi connectivity index (χ3n) is 3.81. The number of hydrogen-bond donors (Lipinski definition) is 0. The highest BCUT2D eigenvalue weighted by molar-refractivity contribution is 5.74. The first-order valence-corrected chi connectivity index (χ1v) is 8.02. The first-order chi connectivity index (χ1) is 12.2. The first kappa shape index (κ1) is 16.7. The van der Waals surface area contributed by atoms with Crippen molar-refractivity contribution in [3.63, 3.8) is 0 Å². The van der Waals surface area contributed by atoms with Crippen molar-refractivity contribution in [1.29, 1.82) is 0 Å². The van der Waals surface area contributed by atoms with Crippen LogP contribution in [0.15, 0.2) is 55.0 Å². The molecule has 0 aliphatic carbocycles. The van der Waals surface area contributed by atoms with Crippen molar-refractivity contribution >= 4 is 5.95 Å². The minimum Gasteiger partial charge on any atom is -0.496 e. The third-order valence-corrected chi connectivity index (χ3v) is 3.81. The van der Waals surface area contributed by atoms with Crippen LogP contribution in [0, 0.1) is 0 Å². The van der Waals surface area contributed by atoms with E-state index in [1.165, 1.54) is 0 Å². The van der Waals surface area contributed by atoms with Gasteiger partial charge in [-0.25, -0.2) is 15.0 Å². The van der Waals surface area contributed by atoms with Gasteiger partial charge in [0.25, 0.3) is 0 Å². The number of para-hydroxylation sites is 1. The number of pyridine rings is 1. The Morgan fingerprint density at radius 2 is 1.68 bits per heavy atom. The molecular weight excluding hydrogens is 316 g/mol.